The lowest BCUT2D eigenvalue weighted by atomic mass is 9.93. The lowest BCUT2D eigenvalue weighted by molar-refractivity contribution is -0.132. The summed E-state index contributed by atoms with van der Waals surface area (Å²) in [6.45, 7) is 4.85. The van der Waals surface area contributed by atoms with Gasteiger partial charge in [-0.3, -0.25) is 4.79 Å². The van der Waals surface area contributed by atoms with Gasteiger partial charge in [-0.05, 0) is 38.2 Å². The first kappa shape index (κ1) is 16.9. The summed E-state index contributed by atoms with van der Waals surface area (Å²) >= 11 is 0. The van der Waals surface area contributed by atoms with E-state index in [2.05, 4.69) is 0 Å². The van der Waals surface area contributed by atoms with E-state index in [9.17, 15) is 13.6 Å². The summed E-state index contributed by atoms with van der Waals surface area (Å²) < 4.78 is 32.1. The summed E-state index contributed by atoms with van der Waals surface area (Å²) in [6, 6.07) is 3.96. The highest BCUT2D eigenvalue weighted by Gasteiger charge is 2.23. The van der Waals surface area contributed by atoms with Crippen molar-refractivity contribution in [3.8, 4) is 0 Å². The summed E-state index contributed by atoms with van der Waals surface area (Å²) in [7, 11) is 0. The summed E-state index contributed by atoms with van der Waals surface area (Å²) in [4.78, 5) is 14.0. The minimum absolute atomic E-state index is 0.0762. The monoisotopic (exact) mass is 311 g/mol. The number of likely N-dealkylation sites (tertiary alicyclic amines) is 1. The van der Waals surface area contributed by atoms with Crippen molar-refractivity contribution >= 4 is 5.91 Å². The van der Waals surface area contributed by atoms with Gasteiger partial charge in [0.25, 0.3) is 0 Å². The number of ether oxygens (including phenoxy) is 1. The topological polar surface area (TPSA) is 29.5 Å². The van der Waals surface area contributed by atoms with Gasteiger partial charge in [0.1, 0.15) is 0 Å². The second kappa shape index (κ2) is 8.22. The quantitative estimate of drug-likeness (QED) is 0.755. The number of hydrogen-bond acceptors (Lipinski definition) is 2. The second-order valence-corrected chi connectivity index (χ2v) is 5.70. The molecule has 1 aromatic carbocycles. The van der Waals surface area contributed by atoms with Crippen LogP contribution in [0.3, 0.4) is 0 Å². The second-order valence-electron chi connectivity index (χ2n) is 5.70. The number of amides is 1. The zero-order chi connectivity index (χ0) is 15.9. The third-order valence-corrected chi connectivity index (χ3v) is 4.22. The minimum Gasteiger partial charge on any atom is -0.382 e. The van der Waals surface area contributed by atoms with E-state index in [-0.39, 0.29) is 17.9 Å². The molecule has 0 N–H and O–H groups in total. The van der Waals surface area contributed by atoms with Crippen molar-refractivity contribution in [3.05, 3.63) is 35.4 Å². The van der Waals surface area contributed by atoms with Crippen LogP contribution >= 0.6 is 0 Å². The van der Waals surface area contributed by atoms with Crippen molar-refractivity contribution in [3.63, 3.8) is 0 Å². The maximum absolute atomic E-state index is 13.6. The number of benzene rings is 1. The Morgan fingerprint density at radius 1 is 1.32 bits per heavy atom. The molecule has 0 spiro atoms. The van der Waals surface area contributed by atoms with E-state index < -0.39 is 11.6 Å². The molecule has 22 heavy (non-hydrogen) atoms. The van der Waals surface area contributed by atoms with E-state index in [1.807, 2.05) is 6.92 Å². The van der Waals surface area contributed by atoms with Crippen LogP contribution in [0.15, 0.2) is 18.2 Å². The molecule has 2 rings (SSSR count). The van der Waals surface area contributed by atoms with Crippen LogP contribution in [0.1, 0.15) is 31.7 Å². The van der Waals surface area contributed by atoms with Crippen molar-refractivity contribution in [1.82, 2.24) is 4.90 Å². The molecular weight excluding hydrogens is 288 g/mol. The normalized spacial score (nSPS) is 16.0. The molecule has 1 aliphatic rings. The van der Waals surface area contributed by atoms with Gasteiger partial charge in [0.15, 0.2) is 11.6 Å². The molecule has 1 heterocycles. The summed E-state index contributed by atoms with van der Waals surface area (Å²) in [5, 5.41) is 0. The van der Waals surface area contributed by atoms with Gasteiger partial charge in [0.05, 0.1) is 6.42 Å². The minimum atomic E-state index is -0.914. The van der Waals surface area contributed by atoms with Gasteiger partial charge in [0, 0.05) is 31.9 Å². The maximum Gasteiger partial charge on any atom is 0.227 e. The molecule has 1 amide bonds. The molecular formula is C17H23F2NO2. The third kappa shape index (κ3) is 4.50. The van der Waals surface area contributed by atoms with Gasteiger partial charge < -0.3 is 9.64 Å². The van der Waals surface area contributed by atoms with E-state index >= 15 is 0 Å². The number of halogens is 2. The Balaban J connectivity index is 1.81. The smallest absolute Gasteiger partial charge is 0.227 e. The molecule has 1 saturated heterocycles. The zero-order valence-corrected chi connectivity index (χ0v) is 13.0. The lowest BCUT2D eigenvalue weighted by Crippen LogP contribution is -2.39. The van der Waals surface area contributed by atoms with Gasteiger partial charge in [-0.25, -0.2) is 8.78 Å². The molecule has 122 valence electrons. The Labute approximate surface area is 130 Å². The van der Waals surface area contributed by atoms with Crippen molar-refractivity contribution in [2.45, 2.75) is 32.6 Å². The van der Waals surface area contributed by atoms with Crippen LogP contribution in [0.4, 0.5) is 8.78 Å². The Morgan fingerprint density at radius 3 is 2.73 bits per heavy atom. The lowest BCUT2D eigenvalue weighted by Gasteiger charge is -2.32. The number of carbonyl (C=O) groups excluding carboxylic acids is 1. The van der Waals surface area contributed by atoms with Crippen molar-refractivity contribution in [1.29, 1.82) is 0 Å². The fraction of sp³-hybridized carbons (Fsp3) is 0.588. The van der Waals surface area contributed by atoms with Crippen LogP contribution in [-0.4, -0.2) is 37.1 Å². The summed E-state index contributed by atoms with van der Waals surface area (Å²) in [5.41, 5.74) is 0.128. The van der Waals surface area contributed by atoms with Crippen LogP contribution in [0, 0.1) is 17.6 Å². The van der Waals surface area contributed by atoms with Gasteiger partial charge in [-0.1, -0.05) is 12.1 Å². The first-order valence-corrected chi connectivity index (χ1v) is 7.90. The molecule has 0 aliphatic carbocycles. The maximum atomic E-state index is 13.6. The highest BCUT2D eigenvalue weighted by Crippen LogP contribution is 2.21. The van der Waals surface area contributed by atoms with Crippen LogP contribution in [-0.2, 0) is 16.0 Å². The Morgan fingerprint density at radius 2 is 2.05 bits per heavy atom. The fourth-order valence-electron chi connectivity index (χ4n) is 2.83. The number of nitrogens with zero attached hydrogens (tertiary/aromatic N) is 1. The van der Waals surface area contributed by atoms with Crippen LogP contribution < -0.4 is 0 Å². The molecule has 5 heteroatoms. The average Bonchev–Trinajstić information content (AvgIpc) is 2.53. The summed E-state index contributed by atoms with van der Waals surface area (Å²) in [5.74, 6) is -1.36. The standard InChI is InChI=1S/C17H23F2NO2/c1-2-22-11-8-13-6-9-20(10-7-13)16(21)12-14-4-3-5-15(18)17(14)19/h3-5,13H,2,6-12H2,1H3. The van der Waals surface area contributed by atoms with Crippen molar-refractivity contribution < 1.29 is 18.3 Å². The fourth-order valence-corrected chi connectivity index (χ4v) is 2.83. The molecule has 0 radical (unpaired) electrons. The number of rotatable bonds is 6. The van der Waals surface area contributed by atoms with Gasteiger partial charge in [0.2, 0.25) is 5.91 Å². The first-order valence-electron chi connectivity index (χ1n) is 7.90. The Kier molecular flexibility index (Phi) is 6.31. The molecule has 0 aromatic heterocycles. The molecule has 1 aliphatic heterocycles. The van der Waals surface area contributed by atoms with Crippen LogP contribution in [0.2, 0.25) is 0 Å². The number of carbonyl (C=O) groups is 1. The van der Waals surface area contributed by atoms with Crippen LogP contribution in [0.5, 0.6) is 0 Å². The van der Waals surface area contributed by atoms with Crippen molar-refractivity contribution in [2.75, 3.05) is 26.3 Å². The van der Waals surface area contributed by atoms with E-state index in [4.69, 9.17) is 4.74 Å². The van der Waals surface area contributed by atoms with Gasteiger partial charge >= 0.3 is 0 Å². The molecule has 0 unspecified atom stereocenters. The average molecular weight is 311 g/mol. The van der Waals surface area contributed by atoms with Crippen molar-refractivity contribution in [2.24, 2.45) is 5.92 Å². The molecule has 1 fully saturated rings. The van der Waals surface area contributed by atoms with Crippen LogP contribution in [0.25, 0.3) is 0 Å². The predicted octanol–water partition coefficient (Wildman–Crippen LogP) is 3.17. The zero-order valence-electron chi connectivity index (χ0n) is 13.0. The third-order valence-electron chi connectivity index (χ3n) is 4.22. The van der Waals surface area contributed by atoms with E-state index in [1.54, 1.807) is 4.90 Å². The van der Waals surface area contributed by atoms with Gasteiger partial charge in [-0.2, -0.15) is 0 Å². The predicted molar refractivity (Wildman–Crippen MR) is 80.5 cm³/mol. The number of piperidine rings is 1. The number of hydrogen-bond donors (Lipinski definition) is 0. The van der Waals surface area contributed by atoms with Gasteiger partial charge in [-0.15, -0.1) is 0 Å². The molecule has 0 atom stereocenters. The molecule has 0 bridgehead atoms. The molecule has 1 aromatic rings. The molecule has 3 nitrogen and oxygen atoms in total. The van der Waals surface area contributed by atoms with E-state index in [0.717, 1.165) is 38.5 Å². The SMILES string of the molecule is CCOCCC1CCN(C(=O)Cc2cccc(F)c2F)CC1. The Bertz CT molecular complexity index is 499. The highest BCUT2D eigenvalue weighted by molar-refractivity contribution is 5.78. The van der Waals surface area contributed by atoms with E-state index in [0.29, 0.717) is 19.0 Å². The largest absolute Gasteiger partial charge is 0.382 e. The van der Waals surface area contributed by atoms with E-state index in [1.165, 1.54) is 12.1 Å². The summed E-state index contributed by atoms with van der Waals surface area (Å²) in [6.07, 6.45) is 2.84. The first-order chi connectivity index (χ1) is 10.6. The molecule has 0 saturated carbocycles. The Hall–Kier alpha value is -1.49. The highest BCUT2D eigenvalue weighted by atomic mass is 19.2.